The Morgan fingerprint density at radius 2 is 1.60 bits per heavy atom. The van der Waals surface area contributed by atoms with Crippen molar-refractivity contribution < 1.29 is 8.84 Å². The third-order valence-electron chi connectivity index (χ3n) is 5.48. The van der Waals surface area contributed by atoms with Crippen LogP contribution in [-0.4, -0.2) is 14.4 Å². The van der Waals surface area contributed by atoms with Crippen molar-refractivity contribution in [2.75, 3.05) is 0 Å². The molecule has 0 aliphatic heterocycles. The molecule has 0 N–H and O–H groups in total. The van der Waals surface area contributed by atoms with Crippen LogP contribution in [0, 0.1) is 0 Å². The lowest BCUT2D eigenvalue weighted by Crippen LogP contribution is -2.40. The molecule has 0 bridgehead atoms. The molecular weight excluding hydrogens is 324 g/mol. The molecule has 0 unspecified atom stereocenters. The summed E-state index contributed by atoms with van der Waals surface area (Å²) in [5.41, 5.74) is 1.43. The Hall–Kier alpha value is -1.32. The molecule has 0 fully saturated rings. The van der Waals surface area contributed by atoms with E-state index < -0.39 is 8.32 Å². The predicted octanol–water partition coefficient (Wildman–Crippen LogP) is 6.63. The largest absolute Gasteiger partial charge is 0.469 e. The average molecular weight is 359 g/mol. The van der Waals surface area contributed by atoms with E-state index in [2.05, 4.69) is 57.2 Å². The van der Waals surface area contributed by atoms with Crippen molar-refractivity contribution in [2.24, 2.45) is 0 Å². The van der Waals surface area contributed by atoms with Crippen molar-refractivity contribution in [3.8, 4) is 0 Å². The zero-order valence-electron chi connectivity index (χ0n) is 16.2. The fourth-order valence-electron chi connectivity index (χ4n) is 3.55. The Kier molecular flexibility index (Phi) is 8.49. The van der Waals surface area contributed by atoms with Crippen LogP contribution in [0.15, 0.2) is 53.1 Å². The molecule has 0 saturated heterocycles. The van der Waals surface area contributed by atoms with E-state index >= 15 is 0 Å². The lowest BCUT2D eigenvalue weighted by molar-refractivity contribution is 0.162. The number of hydrogen-bond donors (Lipinski definition) is 0. The highest BCUT2D eigenvalue weighted by Crippen LogP contribution is 2.27. The third-order valence-corrected chi connectivity index (χ3v) is 10.2. The molecule has 1 heterocycles. The zero-order chi connectivity index (χ0) is 18.0. The van der Waals surface area contributed by atoms with Gasteiger partial charge in [-0.15, -0.1) is 0 Å². The molecule has 0 aliphatic carbocycles. The number of aryl methyl sites for hydroxylation is 2. The number of benzene rings is 1. The van der Waals surface area contributed by atoms with Crippen LogP contribution in [0.25, 0.3) is 0 Å². The van der Waals surface area contributed by atoms with Gasteiger partial charge in [-0.3, -0.25) is 0 Å². The summed E-state index contributed by atoms with van der Waals surface area (Å²) in [6, 6.07) is 18.5. The molecule has 0 saturated carbocycles. The summed E-state index contributed by atoms with van der Waals surface area (Å²) in [6.45, 7) is 6.94. The van der Waals surface area contributed by atoms with Crippen molar-refractivity contribution in [1.29, 1.82) is 0 Å². The summed E-state index contributed by atoms with van der Waals surface area (Å²) in [6.07, 6.45) is 7.64. The van der Waals surface area contributed by atoms with E-state index in [4.69, 9.17) is 8.84 Å². The normalized spacial score (nSPS) is 13.1. The van der Waals surface area contributed by atoms with Crippen molar-refractivity contribution >= 4 is 8.32 Å². The molecular formula is C22H34O2Si. The molecule has 1 atom stereocenters. The molecule has 3 heteroatoms. The monoisotopic (exact) mass is 358 g/mol. The van der Waals surface area contributed by atoms with E-state index in [1.165, 1.54) is 30.1 Å². The van der Waals surface area contributed by atoms with Crippen LogP contribution < -0.4 is 0 Å². The van der Waals surface area contributed by atoms with Gasteiger partial charge < -0.3 is 8.84 Å². The van der Waals surface area contributed by atoms with Gasteiger partial charge in [0.1, 0.15) is 5.76 Å². The summed E-state index contributed by atoms with van der Waals surface area (Å²) in [5, 5.41) is 0. The van der Waals surface area contributed by atoms with E-state index in [0.717, 1.165) is 31.4 Å². The standard InChI is InChI=1S/C22H34O2Si/c1-4-25(5-2,6-3)24-22(18-17-21-16-11-19-23-21)15-10-14-20-12-8-7-9-13-20/h7-9,11-13,16,19,22H,4-6,10,14-15,17-18H2,1-3H3/t22-/m0/s1. The van der Waals surface area contributed by atoms with Gasteiger partial charge in [-0.1, -0.05) is 51.1 Å². The molecule has 0 aliphatic rings. The van der Waals surface area contributed by atoms with Crippen molar-refractivity contribution in [3.63, 3.8) is 0 Å². The van der Waals surface area contributed by atoms with Gasteiger partial charge in [-0.05, 0) is 61.5 Å². The number of rotatable bonds is 12. The summed E-state index contributed by atoms with van der Waals surface area (Å²) >= 11 is 0. The first-order valence-electron chi connectivity index (χ1n) is 9.95. The van der Waals surface area contributed by atoms with Crippen molar-refractivity contribution in [2.45, 2.75) is 77.1 Å². The highest BCUT2D eigenvalue weighted by atomic mass is 28.4. The van der Waals surface area contributed by atoms with Crippen LogP contribution in [0.3, 0.4) is 0 Å². The Morgan fingerprint density at radius 3 is 2.20 bits per heavy atom. The topological polar surface area (TPSA) is 22.4 Å². The van der Waals surface area contributed by atoms with Gasteiger partial charge in [-0.25, -0.2) is 0 Å². The fourth-order valence-corrected chi connectivity index (χ4v) is 6.50. The van der Waals surface area contributed by atoms with E-state index in [-0.39, 0.29) is 0 Å². The molecule has 2 aromatic rings. The predicted molar refractivity (Wildman–Crippen MR) is 108 cm³/mol. The first kappa shape index (κ1) is 20.0. The second-order valence-corrected chi connectivity index (χ2v) is 11.7. The van der Waals surface area contributed by atoms with Crippen molar-refractivity contribution in [3.05, 3.63) is 60.1 Å². The highest BCUT2D eigenvalue weighted by Gasteiger charge is 2.31. The van der Waals surface area contributed by atoms with E-state index in [9.17, 15) is 0 Å². The van der Waals surface area contributed by atoms with Crippen LogP contribution in [0.1, 0.15) is 51.4 Å². The van der Waals surface area contributed by atoms with Crippen molar-refractivity contribution in [1.82, 2.24) is 0 Å². The maximum absolute atomic E-state index is 6.82. The lowest BCUT2D eigenvalue weighted by atomic mass is 10.0. The molecule has 2 nitrogen and oxygen atoms in total. The Labute approximate surface area is 154 Å². The Morgan fingerprint density at radius 1 is 0.880 bits per heavy atom. The minimum absolute atomic E-state index is 0.361. The summed E-state index contributed by atoms with van der Waals surface area (Å²) in [4.78, 5) is 0. The zero-order valence-corrected chi connectivity index (χ0v) is 17.2. The van der Waals surface area contributed by atoms with Gasteiger partial charge in [0, 0.05) is 12.5 Å². The molecule has 0 radical (unpaired) electrons. The smallest absolute Gasteiger partial charge is 0.192 e. The molecule has 0 spiro atoms. The van der Waals surface area contributed by atoms with Crippen LogP contribution in [-0.2, 0) is 17.3 Å². The summed E-state index contributed by atoms with van der Waals surface area (Å²) in [7, 11) is -1.56. The van der Waals surface area contributed by atoms with Crippen LogP contribution in [0.5, 0.6) is 0 Å². The van der Waals surface area contributed by atoms with Gasteiger partial charge in [0.15, 0.2) is 8.32 Å². The fraction of sp³-hybridized carbons (Fsp3) is 0.545. The highest BCUT2D eigenvalue weighted by molar-refractivity contribution is 6.73. The van der Waals surface area contributed by atoms with Gasteiger partial charge in [0.25, 0.3) is 0 Å². The van der Waals surface area contributed by atoms with Crippen LogP contribution in [0.2, 0.25) is 18.1 Å². The molecule has 1 aromatic carbocycles. The van der Waals surface area contributed by atoms with E-state index in [0.29, 0.717) is 6.10 Å². The first-order chi connectivity index (χ1) is 12.2. The molecule has 25 heavy (non-hydrogen) atoms. The molecule has 2 rings (SSSR count). The Bertz CT molecular complexity index is 553. The molecule has 0 amide bonds. The van der Waals surface area contributed by atoms with Crippen LogP contribution in [0.4, 0.5) is 0 Å². The maximum Gasteiger partial charge on any atom is 0.192 e. The number of furan rings is 1. The summed E-state index contributed by atoms with van der Waals surface area (Å²) < 4.78 is 12.3. The first-order valence-corrected chi connectivity index (χ1v) is 12.5. The molecule has 138 valence electrons. The lowest BCUT2D eigenvalue weighted by Gasteiger charge is -2.33. The quantitative estimate of drug-likeness (QED) is 0.397. The second-order valence-electron chi connectivity index (χ2n) is 6.98. The van der Waals surface area contributed by atoms with Gasteiger partial charge >= 0.3 is 0 Å². The average Bonchev–Trinajstić information content (AvgIpc) is 3.18. The Balaban J connectivity index is 1.92. The molecule has 1 aromatic heterocycles. The minimum Gasteiger partial charge on any atom is -0.469 e. The maximum atomic E-state index is 6.82. The second kappa shape index (κ2) is 10.6. The van der Waals surface area contributed by atoms with E-state index in [1.807, 2.05) is 6.07 Å². The third kappa shape index (κ3) is 6.48. The van der Waals surface area contributed by atoms with Gasteiger partial charge in [0.05, 0.1) is 6.26 Å². The van der Waals surface area contributed by atoms with E-state index in [1.54, 1.807) is 6.26 Å². The van der Waals surface area contributed by atoms with Gasteiger partial charge in [-0.2, -0.15) is 0 Å². The number of hydrogen-bond acceptors (Lipinski definition) is 2. The van der Waals surface area contributed by atoms with Gasteiger partial charge in [0.2, 0.25) is 0 Å². The summed E-state index contributed by atoms with van der Waals surface area (Å²) in [5.74, 6) is 1.08. The minimum atomic E-state index is -1.56. The SMILES string of the molecule is CC[Si](CC)(CC)O[C@@H](CCCc1ccccc1)CCc1ccco1. The van der Waals surface area contributed by atoms with Crippen LogP contribution >= 0.6 is 0 Å².